The maximum absolute atomic E-state index is 13.5. The summed E-state index contributed by atoms with van der Waals surface area (Å²) in [4.78, 5) is 0. The average Bonchev–Trinajstić information content (AvgIpc) is 2.44. The second-order valence-electron chi connectivity index (χ2n) is 2.79. The molecule has 2 N–H and O–H groups in total. The van der Waals surface area contributed by atoms with Crippen molar-refractivity contribution in [2.45, 2.75) is 0 Å². The summed E-state index contributed by atoms with van der Waals surface area (Å²) in [6.07, 6.45) is 0. The van der Waals surface area contributed by atoms with Gasteiger partial charge in [-0.05, 0) is 40.8 Å². The fourth-order valence-electron chi connectivity index (χ4n) is 1.22. The van der Waals surface area contributed by atoms with Gasteiger partial charge in [-0.25, -0.2) is 4.39 Å². The van der Waals surface area contributed by atoms with E-state index in [0.29, 0.717) is 5.39 Å². The Hall–Kier alpha value is -0.175. The van der Waals surface area contributed by atoms with Crippen LogP contribution in [0.5, 0.6) is 0 Å². The fourth-order valence-corrected chi connectivity index (χ4v) is 2.65. The first-order valence-corrected chi connectivity index (χ1v) is 5.72. The van der Waals surface area contributed by atoms with E-state index in [2.05, 4.69) is 22.6 Å². The SMILES string of the molecule is OB(O)c1sc2ccc(I)cc2c1F. The van der Waals surface area contributed by atoms with Crippen molar-refractivity contribution < 1.29 is 14.4 Å². The van der Waals surface area contributed by atoms with Gasteiger partial charge in [0.2, 0.25) is 0 Å². The van der Waals surface area contributed by atoms with Gasteiger partial charge in [0.1, 0.15) is 5.82 Å². The molecule has 0 bridgehead atoms. The zero-order valence-corrected chi connectivity index (χ0v) is 9.84. The summed E-state index contributed by atoms with van der Waals surface area (Å²) in [5.41, 5.74) is 0. The summed E-state index contributed by atoms with van der Waals surface area (Å²) in [7, 11) is -1.73. The zero-order valence-electron chi connectivity index (χ0n) is 6.87. The number of hydrogen-bond donors (Lipinski definition) is 2. The molecule has 2 rings (SSSR count). The summed E-state index contributed by atoms with van der Waals surface area (Å²) in [6.45, 7) is 0. The minimum Gasteiger partial charge on any atom is -0.423 e. The van der Waals surface area contributed by atoms with Gasteiger partial charge in [0.15, 0.2) is 0 Å². The van der Waals surface area contributed by atoms with E-state index in [9.17, 15) is 4.39 Å². The number of rotatable bonds is 1. The molecule has 1 aromatic heterocycles. The molecule has 1 aromatic carbocycles. The van der Waals surface area contributed by atoms with E-state index in [4.69, 9.17) is 10.0 Å². The summed E-state index contributed by atoms with van der Waals surface area (Å²) in [6, 6.07) is 5.32. The van der Waals surface area contributed by atoms with E-state index in [1.807, 2.05) is 6.07 Å². The molecule has 0 aliphatic carbocycles. The minimum atomic E-state index is -1.73. The van der Waals surface area contributed by atoms with Crippen LogP contribution in [0.3, 0.4) is 0 Å². The molecule has 0 aliphatic rings. The maximum atomic E-state index is 13.5. The highest BCUT2D eigenvalue weighted by Gasteiger charge is 2.21. The Kier molecular flexibility index (Phi) is 2.78. The number of benzene rings is 1. The molecule has 0 aliphatic heterocycles. The van der Waals surface area contributed by atoms with E-state index in [1.165, 1.54) is 0 Å². The molecule has 2 aromatic rings. The topological polar surface area (TPSA) is 40.5 Å². The third kappa shape index (κ3) is 1.67. The van der Waals surface area contributed by atoms with E-state index in [1.54, 1.807) is 12.1 Å². The van der Waals surface area contributed by atoms with Crippen molar-refractivity contribution in [2.75, 3.05) is 0 Å². The lowest BCUT2D eigenvalue weighted by molar-refractivity contribution is 0.424. The first kappa shape index (κ1) is 10.3. The molecule has 0 amide bonds. The second kappa shape index (κ2) is 3.76. The first-order chi connectivity index (χ1) is 6.59. The van der Waals surface area contributed by atoms with Gasteiger partial charge in [0.25, 0.3) is 0 Å². The lowest BCUT2D eigenvalue weighted by atomic mass is 9.89. The van der Waals surface area contributed by atoms with Crippen molar-refractivity contribution in [1.82, 2.24) is 0 Å². The molecule has 0 spiro atoms. The Balaban J connectivity index is 2.74. The standard InChI is InChI=1S/C8H5BFIO2S/c10-7-5-3-4(11)1-2-6(5)14-8(7)9(12)13/h1-3,12-13H. The molecule has 2 nitrogen and oxygen atoms in total. The fraction of sp³-hybridized carbons (Fsp3) is 0. The number of thiophene rings is 1. The Morgan fingerprint density at radius 2 is 2.07 bits per heavy atom. The molecule has 0 fully saturated rings. The van der Waals surface area contributed by atoms with Crippen LogP contribution >= 0.6 is 33.9 Å². The molecule has 14 heavy (non-hydrogen) atoms. The van der Waals surface area contributed by atoms with Crippen LogP contribution in [0.25, 0.3) is 10.1 Å². The molecule has 0 radical (unpaired) electrons. The Bertz CT molecular complexity index is 485. The smallest absolute Gasteiger partial charge is 0.423 e. The molecule has 72 valence electrons. The van der Waals surface area contributed by atoms with Crippen LogP contribution in [-0.4, -0.2) is 17.2 Å². The number of halogens is 2. The first-order valence-electron chi connectivity index (χ1n) is 3.83. The quantitative estimate of drug-likeness (QED) is 0.614. The number of hydrogen-bond acceptors (Lipinski definition) is 3. The van der Waals surface area contributed by atoms with Gasteiger partial charge in [-0.15, -0.1) is 11.3 Å². The normalized spacial score (nSPS) is 10.9. The minimum absolute atomic E-state index is 0.0259. The molecular formula is C8H5BFIO2S. The van der Waals surface area contributed by atoms with Crippen molar-refractivity contribution in [1.29, 1.82) is 0 Å². The van der Waals surface area contributed by atoms with Crippen molar-refractivity contribution in [3.8, 4) is 0 Å². The highest BCUT2D eigenvalue weighted by atomic mass is 127. The van der Waals surface area contributed by atoms with E-state index >= 15 is 0 Å². The largest absolute Gasteiger partial charge is 0.502 e. The highest BCUT2D eigenvalue weighted by molar-refractivity contribution is 14.1. The van der Waals surface area contributed by atoms with Crippen LogP contribution in [-0.2, 0) is 0 Å². The predicted octanol–water partition coefficient (Wildman–Crippen LogP) is 1.32. The molecular weight excluding hydrogens is 317 g/mol. The molecule has 6 heteroatoms. The van der Waals surface area contributed by atoms with E-state index in [0.717, 1.165) is 19.6 Å². The van der Waals surface area contributed by atoms with Crippen LogP contribution in [0.1, 0.15) is 0 Å². The zero-order chi connectivity index (χ0) is 10.3. The predicted molar refractivity (Wildman–Crippen MR) is 64.3 cm³/mol. The van der Waals surface area contributed by atoms with Gasteiger partial charge in [0.05, 0.1) is 4.78 Å². The van der Waals surface area contributed by atoms with Crippen LogP contribution in [0.4, 0.5) is 4.39 Å². The summed E-state index contributed by atoms with van der Waals surface area (Å²) in [5, 5.41) is 18.2. The van der Waals surface area contributed by atoms with Crippen LogP contribution in [0, 0.1) is 9.39 Å². The maximum Gasteiger partial charge on any atom is 0.502 e. The van der Waals surface area contributed by atoms with Gasteiger partial charge in [-0.2, -0.15) is 0 Å². The second-order valence-corrected chi connectivity index (χ2v) is 5.12. The highest BCUT2D eigenvalue weighted by Crippen LogP contribution is 2.24. The van der Waals surface area contributed by atoms with Crippen LogP contribution < -0.4 is 4.78 Å². The van der Waals surface area contributed by atoms with Gasteiger partial charge < -0.3 is 10.0 Å². The Labute approximate surface area is 97.7 Å². The Morgan fingerprint density at radius 1 is 1.36 bits per heavy atom. The van der Waals surface area contributed by atoms with Crippen molar-refractivity contribution in [2.24, 2.45) is 0 Å². The molecule has 1 heterocycles. The third-order valence-corrected chi connectivity index (χ3v) is 3.71. The average molecular weight is 322 g/mol. The summed E-state index contributed by atoms with van der Waals surface area (Å²) >= 11 is 3.15. The lowest BCUT2D eigenvalue weighted by Crippen LogP contribution is -2.29. The van der Waals surface area contributed by atoms with Crippen molar-refractivity contribution >= 4 is 55.9 Å². The van der Waals surface area contributed by atoms with E-state index in [-0.39, 0.29) is 4.78 Å². The van der Waals surface area contributed by atoms with Crippen molar-refractivity contribution in [3.63, 3.8) is 0 Å². The van der Waals surface area contributed by atoms with E-state index < -0.39 is 12.9 Å². The van der Waals surface area contributed by atoms with Gasteiger partial charge in [-0.1, -0.05) is 0 Å². The Morgan fingerprint density at radius 3 is 2.71 bits per heavy atom. The number of fused-ring (bicyclic) bond motifs is 1. The monoisotopic (exact) mass is 322 g/mol. The summed E-state index contributed by atoms with van der Waals surface area (Å²) in [5.74, 6) is -0.529. The van der Waals surface area contributed by atoms with Crippen LogP contribution in [0.15, 0.2) is 18.2 Å². The van der Waals surface area contributed by atoms with Crippen molar-refractivity contribution in [3.05, 3.63) is 27.6 Å². The molecule has 0 atom stereocenters. The molecule has 0 saturated heterocycles. The third-order valence-electron chi connectivity index (χ3n) is 1.85. The lowest BCUT2D eigenvalue weighted by Gasteiger charge is -1.92. The molecule has 0 saturated carbocycles. The van der Waals surface area contributed by atoms with Gasteiger partial charge in [0, 0.05) is 13.7 Å². The summed E-state index contributed by atoms with van der Waals surface area (Å²) < 4.78 is 15.2. The van der Waals surface area contributed by atoms with Gasteiger partial charge >= 0.3 is 7.12 Å². The van der Waals surface area contributed by atoms with Crippen LogP contribution in [0.2, 0.25) is 0 Å². The molecule has 0 unspecified atom stereocenters. The van der Waals surface area contributed by atoms with Gasteiger partial charge in [-0.3, -0.25) is 0 Å².